The lowest BCUT2D eigenvalue weighted by molar-refractivity contribution is -0.134. The van der Waals surface area contributed by atoms with Crippen LogP contribution in [0, 0.1) is 6.92 Å². The van der Waals surface area contributed by atoms with Gasteiger partial charge in [0.15, 0.2) is 0 Å². The molecule has 0 N–H and O–H groups in total. The molecular formula is C15H21O2. The van der Waals surface area contributed by atoms with Gasteiger partial charge in [-0.15, -0.1) is 0 Å². The topological polar surface area (TPSA) is 26.3 Å². The molecule has 1 aromatic carbocycles. The molecule has 0 aliphatic heterocycles. The van der Waals surface area contributed by atoms with E-state index in [1.165, 1.54) is 19.3 Å². The zero-order valence-corrected chi connectivity index (χ0v) is 10.6. The first-order chi connectivity index (χ1) is 8.22. The number of hydrogen-bond acceptors (Lipinski definition) is 2. The van der Waals surface area contributed by atoms with Crippen molar-refractivity contribution in [3.8, 4) is 5.75 Å². The van der Waals surface area contributed by atoms with Crippen LogP contribution in [0.2, 0.25) is 0 Å². The second kappa shape index (κ2) is 7.88. The van der Waals surface area contributed by atoms with Crippen LogP contribution in [0.25, 0.3) is 0 Å². The zero-order chi connectivity index (χ0) is 12.5. The predicted molar refractivity (Wildman–Crippen MR) is 69.9 cm³/mol. The minimum Gasteiger partial charge on any atom is -0.427 e. The quantitative estimate of drug-likeness (QED) is 0.402. The Hall–Kier alpha value is -1.31. The first kappa shape index (κ1) is 13.8. The fourth-order valence-corrected chi connectivity index (χ4v) is 1.61. The summed E-state index contributed by atoms with van der Waals surface area (Å²) in [6.07, 6.45) is 6.23. The number of unbranched alkanes of at least 4 members (excludes halogenated alkanes) is 4. The fraction of sp³-hybridized carbons (Fsp3) is 0.467. The Bertz CT molecular complexity index is 327. The number of ether oxygens (including phenoxy) is 1. The van der Waals surface area contributed by atoms with E-state index in [-0.39, 0.29) is 5.97 Å². The van der Waals surface area contributed by atoms with Gasteiger partial charge in [-0.05, 0) is 31.0 Å². The Morgan fingerprint density at radius 3 is 2.41 bits per heavy atom. The summed E-state index contributed by atoms with van der Waals surface area (Å²) in [5.74, 6) is 0.467. The summed E-state index contributed by atoms with van der Waals surface area (Å²) in [4.78, 5) is 11.5. The van der Waals surface area contributed by atoms with Crippen LogP contribution in [0.4, 0.5) is 0 Å². The van der Waals surface area contributed by atoms with Crippen LogP contribution in [0.3, 0.4) is 0 Å². The molecule has 1 aromatic rings. The van der Waals surface area contributed by atoms with Crippen molar-refractivity contribution in [1.82, 2.24) is 0 Å². The van der Waals surface area contributed by atoms with E-state index >= 15 is 0 Å². The number of benzene rings is 1. The van der Waals surface area contributed by atoms with E-state index in [4.69, 9.17) is 4.74 Å². The molecule has 0 atom stereocenters. The number of esters is 1. The molecule has 0 fully saturated rings. The molecule has 2 heteroatoms. The predicted octanol–water partition coefficient (Wildman–Crippen LogP) is 4.13. The smallest absolute Gasteiger partial charge is 0.311 e. The molecule has 0 aliphatic rings. The van der Waals surface area contributed by atoms with E-state index in [0.717, 1.165) is 18.4 Å². The molecular weight excluding hydrogens is 212 g/mol. The average molecular weight is 233 g/mol. The van der Waals surface area contributed by atoms with E-state index in [2.05, 4.69) is 13.8 Å². The summed E-state index contributed by atoms with van der Waals surface area (Å²) < 4.78 is 5.21. The van der Waals surface area contributed by atoms with Crippen molar-refractivity contribution in [3.63, 3.8) is 0 Å². The molecule has 0 bridgehead atoms. The number of carbonyl (C=O) groups excluding carboxylic acids is 1. The van der Waals surface area contributed by atoms with Crippen molar-refractivity contribution in [2.75, 3.05) is 0 Å². The third kappa shape index (κ3) is 6.10. The minimum atomic E-state index is -0.140. The molecule has 2 nitrogen and oxygen atoms in total. The molecule has 0 saturated carbocycles. The van der Waals surface area contributed by atoms with E-state index in [9.17, 15) is 4.79 Å². The first-order valence-corrected chi connectivity index (χ1v) is 6.35. The summed E-state index contributed by atoms with van der Waals surface area (Å²) in [6.45, 7) is 5.96. The monoisotopic (exact) mass is 233 g/mol. The lowest BCUT2D eigenvalue weighted by Gasteiger charge is -2.04. The second-order valence-corrected chi connectivity index (χ2v) is 4.28. The highest BCUT2D eigenvalue weighted by molar-refractivity contribution is 5.72. The van der Waals surface area contributed by atoms with Gasteiger partial charge in [0.1, 0.15) is 5.75 Å². The van der Waals surface area contributed by atoms with Gasteiger partial charge >= 0.3 is 5.97 Å². The fourth-order valence-electron chi connectivity index (χ4n) is 1.61. The molecule has 1 rings (SSSR count). The summed E-state index contributed by atoms with van der Waals surface area (Å²) in [5, 5.41) is 0. The van der Waals surface area contributed by atoms with Crippen molar-refractivity contribution in [1.29, 1.82) is 0 Å². The first-order valence-electron chi connectivity index (χ1n) is 6.35. The van der Waals surface area contributed by atoms with Crippen LogP contribution >= 0.6 is 0 Å². The average Bonchev–Trinajstić information content (AvgIpc) is 2.32. The molecule has 0 spiro atoms. The van der Waals surface area contributed by atoms with Crippen molar-refractivity contribution < 1.29 is 9.53 Å². The zero-order valence-electron chi connectivity index (χ0n) is 10.6. The summed E-state index contributed by atoms with van der Waals surface area (Å²) in [7, 11) is 0. The highest BCUT2D eigenvalue weighted by atomic mass is 16.5. The molecule has 17 heavy (non-hydrogen) atoms. The third-order valence-electron chi connectivity index (χ3n) is 2.64. The molecule has 0 amide bonds. The van der Waals surface area contributed by atoms with E-state index in [0.29, 0.717) is 12.2 Å². The third-order valence-corrected chi connectivity index (χ3v) is 2.64. The van der Waals surface area contributed by atoms with Crippen LogP contribution in [-0.2, 0) is 4.79 Å². The van der Waals surface area contributed by atoms with Crippen LogP contribution in [-0.4, -0.2) is 5.97 Å². The van der Waals surface area contributed by atoms with Gasteiger partial charge in [0.25, 0.3) is 0 Å². The lowest BCUT2D eigenvalue weighted by Crippen LogP contribution is -2.07. The van der Waals surface area contributed by atoms with E-state index in [1.54, 1.807) is 12.1 Å². The van der Waals surface area contributed by atoms with Crippen LogP contribution in [0.1, 0.15) is 51.0 Å². The van der Waals surface area contributed by atoms with Gasteiger partial charge in [-0.1, -0.05) is 44.7 Å². The molecule has 1 radical (unpaired) electrons. The maximum Gasteiger partial charge on any atom is 0.311 e. The highest BCUT2D eigenvalue weighted by Gasteiger charge is 2.04. The Labute approximate surface area is 104 Å². The Morgan fingerprint density at radius 1 is 1.12 bits per heavy atom. The standard InChI is InChI=1S/C15H21O2/c1-3-4-5-6-7-8-15(16)17-14-11-9-13(2)10-12-14/h9-12H,2-8H2,1H3. The van der Waals surface area contributed by atoms with E-state index < -0.39 is 0 Å². The maximum absolute atomic E-state index is 11.5. The van der Waals surface area contributed by atoms with Gasteiger partial charge in [-0.25, -0.2) is 0 Å². The number of hydrogen-bond donors (Lipinski definition) is 0. The van der Waals surface area contributed by atoms with Gasteiger partial charge in [-0.3, -0.25) is 4.79 Å². The number of carbonyl (C=O) groups is 1. The Balaban J connectivity index is 2.18. The van der Waals surface area contributed by atoms with Crippen molar-refractivity contribution in [2.45, 2.75) is 45.4 Å². The summed E-state index contributed by atoms with van der Waals surface area (Å²) in [5.41, 5.74) is 0.921. The molecule has 0 aromatic heterocycles. The van der Waals surface area contributed by atoms with Crippen molar-refractivity contribution in [3.05, 3.63) is 36.8 Å². The Kier molecular flexibility index (Phi) is 6.38. The minimum absolute atomic E-state index is 0.140. The lowest BCUT2D eigenvalue weighted by atomic mass is 10.1. The van der Waals surface area contributed by atoms with Crippen molar-refractivity contribution in [2.24, 2.45) is 0 Å². The molecule has 0 aliphatic carbocycles. The van der Waals surface area contributed by atoms with Crippen LogP contribution in [0.5, 0.6) is 5.75 Å². The van der Waals surface area contributed by atoms with Gasteiger partial charge in [-0.2, -0.15) is 0 Å². The highest BCUT2D eigenvalue weighted by Crippen LogP contribution is 2.13. The molecule has 0 heterocycles. The SMILES string of the molecule is [CH2]c1ccc(OC(=O)CCCCCCC)cc1. The molecule has 0 saturated heterocycles. The van der Waals surface area contributed by atoms with Crippen LogP contribution < -0.4 is 4.74 Å². The van der Waals surface area contributed by atoms with Crippen LogP contribution in [0.15, 0.2) is 24.3 Å². The van der Waals surface area contributed by atoms with Gasteiger partial charge in [0.2, 0.25) is 0 Å². The largest absolute Gasteiger partial charge is 0.427 e. The van der Waals surface area contributed by atoms with E-state index in [1.807, 2.05) is 12.1 Å². The normalized spacial score (nSPS) is 10.2. The second-order valence-electron chi connectivity index (χ2n) is 4.28. The summed E-state index contributed by atoms with van der Waals surface area (Å²) in [6, 6.07) is 7.22. The molecule has 93 valence electrons. The maximum atomic E-state index is 11.5. The van der Waals surface area contributed by atoms with Crippen molar-refractivity contribution >= 4 is 5.97 Å². The van der Waals surface area contributed by atoms with Gasteiger partial charge < -0.3 is 4.74 Å². The Morgan fingerprint density at radius 2 is 1.76 bits per heavy atom. The van der Waals surface area contributed by atoms with Gasteiger partial charge in [0, 0.05) is 6.42 Å². The van der Waals surface area contributed by atoms with Gasteiger partial charge in [0.05, 0.1) is 0 Å². The summed E-state index contributed by atoms with van der Waals surface area (Å²) >= 11 is 0. The molecule has 0 unspecified atom stereocenters. The number of rotatable bonds is 7.